The molecule has 14 nitrogen and oxygen atoms in total. The van der Waals surface area contributed by atoms with Crippen LogP contribution in [0.3, 0.4) is 0 Å². The molecular weight excluding hydrogens is 765 g/mol. The summed E-state index contributed by atoms with van der Waals surface area (Å²) in [6.45, 7) is 12.2. The maximum absolute atomic E-state index is 14.5. The second-order valence-corrected chi connectivity index (χ2v) is 20.1. The number of carbonyl (C=O) groups is 5. The lowest BCUT2D eigenvalue weighted by atomic mass is 9.73. The Kier molecular flexibility index (Phi) is 18.0. The number of sulfonamides is 1. The molecule has 58 heavy (non-hydrogen) atoms. The highest BCUT2D eigenvalue weighted by atomic mass is 32.2. The summed E-state index contributed by atoms with van der Waals surface area (Å²) in [5.74, 6) is -3.41. The molecule has 1 aromatic rings. The van der Waals surface area contributed by atoms with E-state index in [0.717, 1.165) is 31.9 Å². The zero-order valence-electron chi connectivity index (χ0n) is 36.1. The Bertz CT molecular complexity index is 1630. The number of nitrogens with two attached hydrogens (primary N) is 1. The van der Waals surface area contributed by atoms with Gasteiger partial charge in [-0.15, -0.1) is 0 Å². The summed E-state index contributed by atoms with van der Waals surface area (Å²) >= 11 is 0. The molecule has 3 rings (SSSR count). The average molecular weight is 835 g/mol. The van der Waals surface area contributed by atoms with Gasteiger partial charge in [0.1, 0.15) is 11.2 Å². The summed E-state index contributed by atoms with van der Waals surface area (Å²) in [7, 11) is -4.21. The van der Waals surface area contributed by atoms with Crippen LogP contribution in [0.15, 0.2) is 30.3 Å². The van der Waals surface area contributed by atoms with Crippen LogP contribution in [0.2, 0.25) is 0 Å². The fraction of sp³-hybridized carbons (Fsp3) is 0.744. The quantitative estimate of drug-likeness (QED) is 0.0864. The molecule has 328 valence electrons. The third-order valence-corrected chi connectivity index (χ3v) is 12.1. The van der Waals surface area contributed by atoms with Crippen molar-refractivity contribution in [3.8, 4) is 0 Å². The molecule has 2 saturated carbocycles. The van der Waals surface area contributed by atoms with Gasteiger partial charge >= 0.3 is 18.0 Å². The van der Waals surface area contributed by atoms with Crippen molar-refractivity contribution in [2.75, 3.05) is 26.0 Å². The van der Waals surface area contributed by atoms with Crippen molar-refractivity contribution in [2.45, 2.75) is 155 Å². The zero-order valence-corrected chi connectivity index (χ0v) is 36.9. The Labute approximate surface area is 346 Å². The maximum atomic E-state index is 14.5. The highest BCUT2D eigenvalue weighted by Crippen LogP contribution is 2.45. The monoisotopic (exact) mass is 834 g/mol. The van der Waals surface area contributed by atoms with Gasteiger partial charge in [-0.3, -0.25) is 19.2 Å². The minimum Gasteiger partial charge on any atom is -0.466 e. The predicted molar refractivity (Wildman–Crippen MR) is 222 cm³/mol. The lowest BCUT2D eigenvalue weighted by Crippen LogP contribution is -2.52. The normalized spacial score (nSPS) is 20.6. The van der Waals surface area contributed by atoms with Crippen molar-refractivity contribution in [1.82, 2.24) is 14.9 Å². The van der Waals surface area contributed by atoms with Crippen molar-refractivity contribution in [2.24, 2.45) is 28.9 Å². The highest BCUT2D eigenvalue weighted by molar-refractivity contribution is 7.88. The molecule has 15 heteroatoms. The van der Waals surface area contributed by atoms with Gasteiger partial charge < -0.3 is 30.6 Å². The number of aryl methyl sites for hydroxylation is 1. The zero-order chi connectivity index (χ0) is 43.3. The summed E-state index contributed by atoms with van der Waals surface area (Å²) in [4.78, 5) is 67.1. The molecule has 1 aromatic carbocycles. The van der Waals surface area contributed by atoms with Gasteiger partial charge in [-0.25, -0.2) is 17.5 Å². The summed E-state index contributed by atoms with van der Waals surface area (Å²) in [6, 6.07) is 8.67. The van der Waals surface area contributed by atoms with E-state index in [1.807, 2.05) is 18.2 Å². The van der Waals surface area contributed by atoms with Gasteiger partial charge in [0, 0.05) is 12.6 Å². The van der Waals surface area contributed by atoms with Crippen LogP contribution in [0, 0.1) is 23.2 Å². The first-order valence-electron chi connectivity index (χ1n) is 21.0. The molecule has 3 amide bonds. The summed E-state index contributed by atoms with van der Waals surface area (Å²) in [5, 5.41) is 5.94. The number of amides is 3. The predicted octanol–water partition coefficient (Wildman–Crippen LogP) is 5.80. The number of esters is 2. The molecule has 0 bridgehead atoms. The number of unbranched alkanes of at least 4 members (excludes halogenated alkanes) is 1. The minimum absolute atomic E-state index is 0.00729. The van der Waals surface area contributed by atoms with Crippen LogP contribution in [0.25, 0.3) is 0 Å². The van der Waals surface area contributed by atoms with E-state index in [0.29, 0.717) is 55.9 Å². The molecule has 0 aromatic heterocycles. The van der Waals surface area contributed by atoms with Crippen LogP contribution >= 0.6 is 0 Å². The van der Waals surface area contributed by atoms with E-state index in [9.17, 15) is 32.4 Å². The fourth-order valence-corrected chi connectivity index (χ4v) is 9.07. The molecule has 2 aliphatic carbocycles. The van der Waals surface area contributed by atoms with Crippen LogP contribution in [0.4, 0.5) is 4.79 Å². The first-order chi connectivity index (χ1) is 27.0. The molecule has 5 atom stereocenters. The molecule has 0 spiro atoms. The smallest absolute Gasteiger partial charge is 0.407 e. The van der Waals surface area contributed by atoms with Crippen LogP contribution in [0.5, 0.6) is 0 Å². The molecular formula is C43H70N4O10S. The number of nitrogens with one attached hydrogen (secondary N) is 2. The summed E-state index contributed by atoms with van der Waals surface area (Å²) in [6.07, 6.45) is 7.07. The molecule has 0 heterocycles. The Morgan fingerprint density at radius 1 is 0.948 bits per heavy atom. The van der Waals surface area contributed by atoms with Crippen molar-refractivity contribution < 1.29 is 46.6 Å². The number of hydrogen-bond donors (Lipinski definition) is 3. The van der Waals surface area contributed by atoms with E-state index in [-0.39, 0.29) is 49.1 Å². The standard InChI is InChI=1S/C43H70N4O10S/c1-9-55-38(50)34-23-22-33(27-31(34)21-20-30-17-11-10-12-18-30)46-39(51)43(24-14-15-25-43)28-32(37(49)56-41(2,3)4)29-47(58(8,53)54)36(48)35(44)19-13-16-26-45-40(52)57-42(5,6)7/h10-12,17-18,31-35H,9,13-16,19-29,44H2,1-8H3,(H,45,52)(H,46,51)/t31-,32-,33-,34+,35-/m0/s1. The van der Waals surface area contributed by atoms with E-state index in [4.69, 9.17) is 19.9 Å². The van der Waals surface area contributed by atoms with Crippen molar-refractivity contribution >= 4 is 39.9 Å². The van der Waals surface area contributed by atoms with E-state index in [2.05, 4.69) is 22.8 Å². The first-order valence-corrected chi connectivity index (χ1v) is 22.9. The Morgan fingerprint density at radius 2 is 1.59 bits per heavy atom. The number of nitrogens with zero attached hydrogens (tertiary/aromatic N) is 1. The van der Waals surface area contributed by atoms with Crippen molar-refractivity contribution in [3.63, 3.8) is 0 Å². The summed E-state index contributed by atoms with van der Waals surface area (Å²) in [5.41, 5.74) is 4.87. The second-order valence-electron chi connectivity index (χ2n) is 18.2. The number of carbonyl (C=O) groups excluding carboxylic acids is 5. The summed E-state index contributed by atoms with van der Waals surface area (Å²) < 4.78 is 43.5. The highest BCUT2D eigenvalue weighted by Gasteiger charge is 2.47. The van der Waals surface area contributed by atoms with Crippen LogP contribution in [-0.4, -0.2) is 91.8 Å². The molecule has 2 aliphatic rings. The minimum atomic E-state index is -4.21. The van der Waals surface area contributed by atoms with Crippen LogP contribution < -0.4 is 16.4 Å². The van der Waals surface area contributed by atoms with E-state index < -0.39 is 63.1 Å². The second kappa shape index (κ2) is 21.5. The third kappa shape index (κ3) is 15.8. The Balaban J connectivity index is 1.78. The van der Waals surface area contributed by atoms with Crippen LogP contribution in [0.1, 0.15) is 131 Å². The lowest BCUT2D eigenvalue weighted by Gasteiger charge is -2.38. The number of benzene rings is 1. The third-order valence-electron chi connectivity index (χ3n) is 10.9. The van der Waals surface area contributed by atoms with Gasteiger partial charge in [-0.1, -0.05) is 43.2 Å². The van der Waals surface area contributed by atoms with E-state index >= 15 is 0 Å². The number of hydrogen-bond acceptors (Lipinski definition) is 11. The van der Waals surface area contributed by atoms with Gasteiger partial charge in [0.15, 0.2) is 0 Å². The average Bonchev–Trinajstić information content (AvgIpc) is 3.60. The van der Waals surface area contributed by atoms with E-state index in [1.54, 1.807) is 48.5 Å². The number of alkyl carbamates (subject to hydrolysis) is 1. The van der Waals surface area contributed by atoms with Crippen LogP contribution in [-0.2, 0) is 49.8 Å². The number of rotatable bonds is 19. The molecule has 4 N–H and O–H groups in total. The molecule has 0 saturated heterocycles. The topological polar surface area (TPSA) is 200 Å². The molecule has 0 radical (unpaired) electrons. The maximum Gasteiger partial charge on any atom is 0.407 e. The van der Waals surface area contributed by atoms with Gasteiger partial charge in [0.2, 0.25) is 15.9 Å². The number of ether oxygens (including phenoxy) is 3. The van der Waals surface area contributed by atoms with Gasteiger partial charge in [-0.2, -0.15) is 0 Å². The molecule has 0 unspecified atom stereocenters. The van der Waals surface area contributed by atoms with Crippen molar-refractivity contribution in [1.29, 1.82) is 0 Å². The van der Waals surface area contributed by atoms with Gasteiger partial charge in [0.05, 0.1) is 42.7 Å². The van der Waals surface area contributed by atoms with Gasteiger partial charge in [0.25, 0.3) is 5.91 Å². The lowest BCUT2D eigenvalue weighted by molar-refractivity contribution is -0.162. The Hall–Kier alpha value is -3.72. The Morgan fingerprint density at radius 3 is 2.17 bits per heavy atom. The molecule has 2 fully saturated rings. The SMILES string of the molecule is CCOC(=O)[C@@H]1CC[C@H](NC(=O)C2(C[C@@H](CN(C(=O)[C@@H](N)CCCCNC(=O)OC(C)(C)C)S(C)(=O)=O)C(=O)OC(C)(C)C)CCCC2)C[C@@H]1CCc1ccccc1. The first kappa shape index (κ1) is 48.6. The fourth-order valence-electron chi connectivity index (χ4n) is 8.16. The largest absolute Gasteiger partial charge is 0.466 e. The molecule has 0 aliphatic heterocycles. The van der Waals surface area contributed by atoms with E-state index in [1.165, 1.54) is 5.56 Å². The van der Waals surface area contributed by atoms with Crippen molar-refractivity contribution in [3.05, 3.63) is 35.9 Å². The van der Waals surface area contributed by atoms with Gasteiger partial charge in [-0.05, 0) is 131 Å².